The number of carboxylic acid groups (broad SMARTS) is 1. The lowest BCUT2D eigenvalue weighted by Crippen LogP contribution is -2.45. The fourth-order valence-corrected chi connectivity index (χ4v) is 2.19. The highest BCUT2D eigenvalue weighted by Gasteiger charge is 2.24. The number of pyridine rings is 1. The highest BCUT2D eigenvalue weighted by Crippen LogP contribution is 2.29. The first-order valence-corrected chi connectivity index (χ1v) is 8.06. The topological polar surface area (TPSA) is 115 Å². The van der Waals surface area contributed by atoms with Crippen LogP contribution in [0.5, 0.6) is 11.5 Å². The van der Waals surface area contributed by atoms with Gasteiger partial charge in [0.1, 0.15) is 17.1 Å². The normalized spacial score (nSPS) is 10.7. The molecule has 0 unspecified atom stereocenters. The average molecular weight is 372 g/mol. The third-order valence-electron chi connectivity index (χ3n) is 3.61. The summed E-state index contributed by atoms with van der Waals surface area (Å²) in [5.74, 6) is 5.16. The van der Waals surface area contributed by atoms with Gasteiger partial charge in [-0.2, -0.15) is 0 Å². The van der Waals surface area contributed by atoms with Gasteiger partial charge in [0.25, 0.3) is 0 Å². The van der Waals surface area contributed by atoms with Crippen molar-refractivity contribution in [3.63, 3.8) is 0 Å². The van der Waals surface area contributed by atoms with Gasteiger partial charge in [0.2, 0.25) is 0 Å². The van der Waals surface area contributed by atoms with Crippen LogP contribution in [0.25, 0.3) is 0 Å². The van der Waals surface area contributed by atoms with Crippen LogP contribution < -0.4 is 16.2 Å². The van der Waals surface area contributed by atoms with Crippen LogP contribution in [0.2, 0.25) is 0 Å². The Balaban J connectivity index is 2.32. The van der Waals surface area contributed by atoms with Gasteiger partial charge in [-0.25, -0.2) is 14.2 Å². The number of anilines is 2. The molecule has 1 heterocycles. The van der Waals surface area contributed by atoms with Gasteiger partial charge in [-0.3, -0.25) is 4.90 Å². The van der Waals surface area contributed by atoms with Crippen LogP contribution >= 0.6 is 0 Å². The zero-order valence-electron chi connectivity index (χ0n) is 15.3. The Bertz CT molecular complexity index is 913. The summed E-state index contributed by atoms with van der Waals surface area (Å²) in [6.07, 6.45) is 0.320. The van der Waals surface area contributed by atoms with E-state index in [1.54, 1.807) is 20.8 Å². The summed E-state index contributed by atoms with van der Waals surface area (Å²) in [7, 11) is 0. The minimum atomic E-state index is -1.09. The van der Waals surface area contributed by atoms with Gasteiger partial charge < -0.3 is 21.3 Å². The summed E-state index contributed by atoms with van der Waals surface area (Å²) in [5, 5.41) is 9.31. The number of nitrogens with two attached hydrogens (primary N) is 2. The maximum absolute atomic E-state index is 14.0. The number of carbonyl (C=O) groups is 1. The molecule has 1 amide bonds. The number of nitrogen functional groups attached to an aromatic ring is 2. The number of nitrogens with zero attached hydrogens (tertiary/aromatic N) is 2. The molecule has 0 aliphatic rings. The first-order valence-electron chi connectivity index (χ1n) is 8.06. The molecule has 5 N–H and O–H groups in total. The van der Waals surface area contributed by atoms with E-state index in [4.69, 9.17) is 16.2 Å². The van der Waals surface area contributed by atoms with E-state index in [9.17, 15) is 14.3 Å². The Kier molecular flexibility index (Phi) is 5.75. The zero-order valence-corrected chi connectivity index (χ0v) is 15.3. The molecule has 27 heavy (non-hydrogen) atoms. The van der Waals surface area contributed by atoms with Gasteiger partial charge in [-0.15, -0.1) is 0 Å². The van der Waals surface area contributed by atoms with Crippen molar-refractivity contribution in [3.8, 4) is 23.3 Å². The summed E-state index contributed by atoms with van der Waals surface area (Å²) in [5.41, 5.74) is 11.3. The number of hydrogen-bond donors (Lipinski definition) is 3. The number of halogens is 1. The predicted molar refractivity (Wildman–Crippen MR) is 101 cm³/mol. The first-order chi connectivity index (χ1) is 12.6. The fraction of sp³-hybridized carbons (Fsp3) is 0.263. The Morgan fingerprint density at radius 2 is 2.00 bits per heavy atom. The Labute approximate surface area is 156 Å². The smallest absolute Gasteiger partial charge is 0.408 e. The molecule has 142 valence electrons. The minimum absolute atomic E-state index is 0.0388. The molecular weight excluding hydrogens is 351 g/mol. The van der Waals surface area contributed by atoms with Crippen molar-refractivity contribution in [2.75, 3.05) is 18.0 Å². The number of ether oxygens (including phenoxy) is 1. The van der Waals surface area contributed by atoms with Crippen molar-refractivity contribution in [2.45, 2.75) is 26.3 Å². The Morgan fingerprint density at radius 1 is 1.30 bits per heavy atom. The summed E-state index contributed by atoms with van der Waals surface area (Å²) in [6.45, 7) is 5.25. The maximum atomic E-state index is 14.0. The third-order valence-corrected chi connectivity index (χ3v) is 3.61. The molecule has 2 aromatic rings. The van der Waals surface area contributed by atoms with E-state index in [1.165, 1.54) is 29.3 Å². The standard InChI is InChI=1S/C19H21FN4O3/c1-19(2,3)24(18(25)26)10-4-5-13-15(8-9-23-17(13)22)27-16-7-6-12(21)11-14(16)20/h6-9,11H,10,21H2,1-3H3,(H2,22,23)(H,25,26). The molecule has 0 aliphatic heterocycles. The van der Waals surface area contributed by atoms with Crippen LogP contribution in [0.3, 0.4) is 0 Å². The van der Waals surface area contributed by atoms with Crippen molar-refractivity contribution in [1.29, 1.82) is 0 Å². The second-order valence-electron chi connectivity index (χ2n) is 6.70. The lowest BCUT2D eigenvalue weighted by atomic mass is 10.1. The number of aromatic nitrogens is 1. The van der Waals surface area contributed by atoms with Gasteiger partial charge >= 0.3 is 6.09 Å². The average Bonchev–Trinajstić information content (AvgIpc) is 2.54. The van der Waals surface area contributed by atoms with Gasteiger partial charge in [-0.05, 0) is 32.9 Å². The van der Waals surface area contributed by atoms with Gasteiger partial charge in [-0.1, -0.05) is 11.8 Å². The van der Waals surface area contributed by atoms with Crippen molar-refractivity contribution in [1.82, 2.24) is 9.88 Å². The summed E-state index contributed by atoms with van der Waals surface area (Å²) < 4.78 is 19.6. The van der Waals surface area contributed by atoms with Crippen LogP contribution in [0, 0.1) is 17.7 Å². The predicted octanol–water partition coefficient (Wildman–Crippen LogP) is 3.31. The molecule has 7 nitrogen and oxygen atoms in total. The monoisotopic (exact) mass is 372 g/mol. The highest BCUT2D eigenvalue weighted by atomic mass is 19.1. The number of hydrogen-bond acceptors (Lipinski definition) is 5. The molecule has 0 fully saturated rings. The minimum Gasteiger partial charge on any atom is -0.465 e. The van der Waals surface area contributed by atoms with E-state index in [0.29, 0.717) is 0 Å². The highest BCUT2D eigenvalue weighted by molar-refractivity contribution is 5.67. The molecule has 1 aromatic heterocycles. The second kappa shape index (κ2) is 7.83. The molecule has 0 bridgehead atoms. The van der Waals surface area contributed by atoms with E-state index in [2.05, 4.69) is 16.8 Å². The summed E-state index contributed by atoms with van der Waals surface area (Å²) >= 11 is 0. The Morgan fingerprint density at radius 3 is 2.59 bits per heavy atom. The SMILES string of the molecule is CC(C)(C)N(CC#Cc1c(Oc2ccc(N)cc2F)ccnc1N)C(=O)O. The van der Waals surface area contributed by atoms with E-state index < -0.39 is 17.4 Å². The molecule has 0 saturated carbocycles. The zero-order chi connectivity index (χ0) is 20.2. The molecule has 0 aliphatic carbocycles. The summed E-state index contributed by atoms with van der Waals surface area (Å²) in [4.78, 5) is 16.5. The van der Waals surface area contributed by atoms with Crippen molar-refractivity contribution >= 4 is 17.6 Å². The molecule has 0 saturated heterocycles. The number of amides is 1. The van der Waals surface area contributed by atoms with E-state index >= 15 is 0 Å². The number of benzene rings is 1. The third kappa shape index (κ3) is 5.01. The van der Waals surface area contributed by atoms with Crippen LogP contribution in [0.15, 0.2) is 30.5 Å². The molecular formula is C19H21FN4O3. The molecule has 0 spiro atoms. The van der Waals surface area contributed by atoms with E-state index in [1.807, 2.05) is 0 Å². The van der Waals surface area contributed by atoms with E-state index in [0.717, 1.165) is 6.07 Å². The van der Waals surface area contributed by atoms with Crippen molar-refractivity contribution in [2.24, 2.45) is 0 Å². The van der Waals surface area contributed by atoms with Crippen LogP contribution in [-0.4, -0.2) is 33.2 Å². The van der Waals surface area contributed by atoms with Crippen molar-refractivity contribution in [3.05, 3.63) is 41.8 Å². The Hall–Kier alpha value is -3.47. The molecule has 0 atom stereocenters. The summed E-state index contributed by atoms with van der Waals surface area (Å²) in [6, 6.07) is 5.53. The second-order valence-corrected chi connectivity index (χ2v) is 6.70. The molecule has 0 radical (unpaired) electrons. The molecule has 1 aromatic carbocycles. The van der Waals surface area contributed by atoms with Crippen molar-refractivity contribution < 1.29 is 19.0 Å². The lowest BCUT2D eigenvalue weighted by molar-refractivity contribution is 0.110. The molecule has 8 heteroatoms. The number of rotatable bonds is 3. The fourth-order valence-electron chi connectivity index (χ4n) is 2.19. The van der Waals surface area contributed by atoms with Crippen LogP contribution in [0.1, 0.15) is 26.3 Å². The largest absolute Gasteiger partial charge is 0.465 e. The van der Waals surface area contributed by atoms with Gasteiger partial charge in [0.15, 0.2) is 11.6 Å². The van der Waals surface area contributed by atoms with Gasteiger partial charge in [0.05, 0.1) is 6.54 Å². The maximum Gasteiger partial charge on any atom is 0.408 e. The quantitative estimate of drug-likeness (QED) is 0.562. The first kappa shape index (κ1) is 19.8. The van der Waals surface area contributed by atoms with Gasteiger partial charge in [0, 0.05) is 29.6 Å². The van der Waals surface area contributed by atoms with Crippen LogP contribution in [0.4, 0.5) is 20.7 Å². The molecule has 2 rings (SSSR count). The van der Waals surface area contributed by atoms with Crippen LogP contribution in [-0.2, 0) is 0 Å². The van der Waals surface area contributed by atoms with E-state index in [-0.39, 0.29) is 35.1 Å². The lowest BCUT2D eigenvalue weighted by Gasteiger charge is -2.31.